The third-order valence-corrected chi connectivity index (χ3v) is 6.70. The number of aromatic nitrogens is 2. The Labute approximate surface area is 214 Å². The molecule has 2 amide bonds. The van der Waals surface area contributed by atoms with Gasteiger partial charge in [0, 0.05) is 19.3 Å². The van der Waals surface area contributed by atoms with Crippen LogP contribution in [0.5, 0.6) is 0 Å². The number of nitrogens with one attached hydrogen (secondary N) is 3. The van der Waals surface area contributed by atoms with E-state index in [9.17, 15) is 32.8 Å². The van der Waals surface area contributed by atoms with Crippen molar-refractivity contribution in [2.75, 3.05) is 30.3 Å². The Balaban J connectivity index is 1.78. The van der Waals surface area contributed by atoms with Gasteiger partial charge in [-0.1, -0.05) is 6.07 Å². The number of amides is 2. The van der Waals surface area contributed by atoms with Gasteiger partial charge in [0.05, 0.1) is 6.54 Å². The van der Waals surface area contributed by atoms with Crippen molar-refractivity contribution in [1.29, 1.82) is 5.26 Å². The van der Waals surface area contributed by atoms with Crippen molar-refractivity contribution < 1.29 is 22.8 Å². The van der Waals surface area contributed by atoms with Crippen molar-refractivity contribution >= 4 is 46.6 Å². The van der Waals surface area contributed by atoms with E-state index in [1.807, 2.05) is 6.07 Å². The minimum absolute atomic E-state index is 0.0364. The zero-order chi connectivity index (χ0) is 27.2. The molecule has 2 aromatic rings. The first-order valence-corrected chi connectivity index (χ1v) is 12.4. The fourth-order valence-corrected chi connectivity index (χ4v) is 5.00. The summed E-state index contributed by atoms with van der Waals surface area (Å²) in [6.07, 6.45) is -2.68. The normalized spacial score (nSPS) is 17.3. The summed E-state index contributed by atoms with van der Waals surface area (Å²) in [7, 11) is 0. The number of carbonyl (C=O) groups excluding carboxylic acids is 2. The second-order valence-corrected chi connectivity index (χ2v) is 9.11. The quantitative estimate of drug-likeness (QED) is 0.457. The number of alkyl halides is 3. The number of hydrogen-bond acceptors (Lipinski definition) is 8. The Hall–Kier alpha value is -3.70. The zero-order valence-electron chi connectivity index (χ0n) is 20.2. The molecule has 0 aromatic carbocycles. The van der Waals surface area contributed by atoms with Crippen molar-refractivity contribution in [1.82, 2.24) is 19.8 Å². The number of carbonyl (C=O) groups is 2. The molecule has 14 heteroatoms. The number of nitriles is 1. The van der Waals surface area contributed by atoms with E-state index in [1.54, 1.807) is 26.0 Å². The van der Waals surface area contributed by atoms with E-state index in [-0.39, 0.29) is 45.9 Å². The molecule has 37 heavy (non-hydrogen) atoms. The van der Waals surface area contributed by atoms with Crippen LogP contribution < -0.4 is 30.7 Å². The van der Waals surface area contributed by atoms with Crippen LogP contribution in [-0.4, -0.2) is 58.1 Å². The molecular weight excluding hydrogens is 511 g/mol. The number of nitrogens with zero attached hydrogens (tertiary/aromatic N) is 4. The van der Waals surface area contributed by atoms with Gasteiger partial charge in [-0.2, -0.15) is 18.4 Å². The van der Waals surface area contributed by atoms with E-state index >= 15 is 0 Å². The van der Waals surface area contributed by atoms with E-state index < -0.39 is 36.1 Å². The van der Waals surface area contributed by atoms with E-state index in [1.165, 1.54) is 16.8 Å². The summed E-state index contributed by atoms with van der Waals surface area (Å²) in [6.45, 7) is 3.78. The Morgan fingerprint density at radius 2 is 2.03 bits per heavy atom. The monoisotopic (exact) mass is 537 g/mol. The molecule has 1 atom stereocenters. The highest BCUT2D eigenvalue weighted by Gasteiger charge is 2.46. The molecule has 3 heterocycles. The highest BCUT2D eigenvalue weighted by molar-refractivity contribution is 7.07. The number of anilines is 2. The number of pyridine rings is 1. The Morgan fingerprint density at radius 1 is 1.30 bits per heavy atom. The molecule has 1 aliphatic rings. The molecule has 0 radical (unpaired) electrons. The fraction of sp³-hybridized carbons (Fsp3) is 0.435. The minimum Gasteiger partial charge on any atom is -0.352 e. The number of hydrogen-bond donors (Lipinski definition) is 3. The molecule has 3 N–H and O–H groups in total. The van der Waals surface area contributed by atoms with Gasteiger partial charge >= 0.3 is 6.18 Å². The van der Waals surface area contributed by atoms with Crippen LogP contribution >= 0.6 is 11.3 Å². The second-order valence-electron chi connectivity index (χ2n) is 8.08. The van der Waals surface area contributed by atoms with Gasteiger partial charge in [-0.25, -0.2) is 4.98 Å². The fourth-order valence-electron chi connectivity index (χ4n) is 3.91. The van der Waals surface area contributed by atoms with Crippen LogP contribution in [0.3, 0.4) is 0 Å². The van der Waals surface area contributed by atoms with Gasteiger partial charge in [-0.05, 0) is 45.4 Å². The van der Waals surface area contributed by atoms with Crippen LogP contribution in [0.1, 0.15) is 26.7 Å². The molecule has 1 aliphatic heterocycles. The summed E-state index contributed by atoms with van der Waals surface area (Å²) < 4.78 is 41.1. The molecule has 0 aliphatic carbocycles. The van der Waals surface area contributed by atoms with Crippen LogP contribution in [0.15, 0.2) is 23.0 Å². The zero-order valence-corrected chi connectivity index (χ0v) is 21.0. The maximum atomic E-state index is 13.1. The first-order valence-electron chi connectivity index (χ1n) is 11.6. The summed E-state index contributed by atoms with van der Waals surface area (Å²) in [6, 6.07) is 4.86. The number of likely N-dealkylation sites (tertiary alicyclic amines) is 1. The summed E-state index contributed by atoms with van der Waals surface area (Å²) in [5, 5.41) is 17.4. The molecule has 1 unspecified atom stereocenters. The summed E-state index contributed by atoms with van der Waals surface area (Å²) >= 11 is 0.969. The maximum Gasteiger partial charge on any atom is 0.404 e. The second kappa shape index (κ2) is 12.0. The third-order valence-electron chi connectivity index (χ3n) is 5.57. The Morgan fingerprint density at radius 3 is 2.68 bits per heavy atom. The minimum atomic E-state index is -4.39. The number of halogens is 3. The average Bonchev–Trinajstić information content (AvgIpc) is 3.42. The van der Waals surface area contributed by atoms with Crippen molar-refractivity contribution in [3.05, 3.63) is 37.7 Å². The summed E-state index contributed by atoms with van der Waals surface area (Å²) in [5.41, 5.74) is -0.569. The highest BCUT2D eigenvalue weighted by atomic mass is 32.1. The Kier molecular flexibility index (Phi) is 9.06. The molecule has 198 valence electrons. The summed E-state index contributed by atoms with van der Waals surface area (Å²) in [5.74, 6) is -0.810. The van der Waals surface area contributed by atoms with E-state index in [2.05, 4.69) is 20.9 Å². The van der Waals surface area contributed by atoms with Crippen LogP contribution in [0.25, 0.3) is 11.8 Å². The van der Waals surface area contributed by atoms with Crippen molar-refractivity contribution in [2.45, 2.75) is 45.5 Å². The van der Waals surface area contributed by atoms with Crippen LogP contribution in [0.2, 0.25) is 0 Å². The van der Waals surface area contributed by atoms with Gasteiger partial charge in [-0.15, -0.1) is 11.3 Å². The van der Waals surface area contributed by atoms with Crippen LogP contribution in [0, 0.1) is 11.3 Å². The van der Waals surface area contributed by atoms with Gasteiger partial charge in [0.25, 0.3) is 11.5 Å². The lowest BCUT2D eigenvalue weighted by atomic mass is 10.2. The third kappa shape index (κ3) is 6.75. The van der Waals surface area contributed by atoms with Crippen LogP contribution in [0.4, 0.5) is 24.8 Å². The Bertz CT molecular complexity index is 1380. The molecule has 0 bridgehead atoms. The predicted octanol–water partition coefficient (Wildman–Crippen LogP) is 0.950. The topological polar surface area (TPSA) is 132 Å². The van der Waals surface area contributed by atoms with E-state index in [4.69, 9.17) is 0 Å². The van der Waals surface area contributed by atoms with Gasteiger partial charge in [0.1, 0.15) is 32.9 Å². The smallest absolute Gasteiger partial charge is 0.352 e. The summed E-state index contributed by atoms with van der Waals surface area (Å²) in [4.78, 5) is 42.7. The van der Waals surface area contributed by atoms with E-state index in [0.29, 0.717) is 13.0 Å². The van der Waals surface area contributed by atoms with Crippen molar-refractivity contribution in [3.63, 3.8) is 0 Å². The standard InChI is InChI=1S/C23H26F3N7O3S/c1-3-28-20(35)14(11-27)22-33(4-2)21(36)15(37-22)12-29-17-8-5-9-18(30-17)31-19(34)13-32-10-6-7-16(32)23(24,25)26/h5,8-9,12,16H,3-4,6-7,10,13H2,1-2H3,(H,28,35)(H2,29,30,31,34)/b15-12+,22-14-. The van der Waals surface area contributed by atoms with Gasteiger partial charge in [0.2, 0.25) is 5.91 Å². The van der Waals surface area contributed by atoms with Gasteiger partial charge < -0.3 is 16.0 Å². The average molecular weight is 538 g/mol. The number of thiazole rings is 1. The lowest BCUT2D eigenvalue weighted by Gasteiger charge is -2.25. The van der Waals surface area contributed by atoms with E-state index in [0.717, 1.165) is 16.2 Å². The lowest BCUT2D eigenvalue weighted by Crippen LogP contribution is -2.44. The predicted molar refractivity (Wildman–Crippen MR) is 133 cm³/mol. The van der Waals surface area contributed by atoms with Crippen molar-refractivity contribution in [2.24, 2.45) is 0 Å². The van der Waals surface area contributed by atoms with Gasteiger partial charge in [0.15, 0.2) is 5.57 Å². The molecule has 2 aromatic heterocycles. The van der Waals surface area contributed by atoms with Crippen molar-refractivity contribution in [3.8, 4) is 6.07 Å². The molecule has 1 fully saturated rings. The van der Waals surface area contributed by atoms with Crippen LogP contribution in [-0.2, 0) is 16.1 Å². The first-order chi connectivity index (χ1) is 17.6. The highest BCUT2D eigenvalue weighted by Crippen LogP contribution is 2.32. The largest absolute Gasteiger partial charge is 0.404 e. The molecule has 10 nitrogen and oxygen atoms in total. The molecule has 1 saturated heterocycles. The molecular formula is C23H26F3N7O3S. The SMILES string of the molecule is CCNC(=O)/C(C#N)=c1\s/c(=C/Nc2cccc(NC(=O)CN3CCCC3C(F)(F)F)n2)c(=O)n1CC. The van der Waals surface area contributed by atoms with Gasteiger partial charge in [-0.3, -0.25) is 23.9 Å². The molecule has 0 saturated carbocycles. The molecule has 0 spiro atoms. The maximum absolute atomic E-state index is 13.1. The first kappa shape index (κ1) is 27.9. The number of rotatable bonds is 8. The molecule has 3 rings (SSSR count). The lowest BCUT2D eigenvalue weighted by molar-refractivity contribution is -0.176.